The third kappa shape index (κ3) is 50.9. The van der Waals surface area contributed by atoms with Crippen molar-refractivity contribution in [3.8, 4) is 0 Å². The lowest BCUT2D eigenvalue weighted by molar-refractivity contribution is -0.161. The van der Waals surface area contributed by atoms with Crippen molar-refractivity contribution in [1.29, 1.82) is 0 Å². The molecule has 0 aliphatic carbocycles. The minimum atomic E-state index is -6.04. The predicted molar refractivity (Wildman–Crippen MR) is 284 cm³/mol. The number of rotatable bonds is 29. The molecule has 0 spiro atoms. The Morgan fingerprint density at radius 1 is 0.551 bits per heavy atom. The molecule has 0 N–H and O–H groups in total. The average Bonchev–Trinajstić information content (AvgIpc) is 3.10. The Morgan fingerprint density at radius 3 is 1.22 bits per heavy atom. The van der Waals surface area contributed by atoms with E-state index in [0.717, 1.165) is 44.6 Å². The van der Waals surface area contributed by atoms with E-state index in [1.807, 2.05) is 26.9 Å². The number of alkyl halides is 2. The van der Waals surface area contributed by atoms with Gasteiger partial charge in [-0.2, -0.15) is 8.78 Å². The Labute approximate surface area is 426 Å². The van der Waals surface area contributed by atoms with Crippen molar-refractivity contribution >= 4 is 73.2 Å². The molecule has 0 aromatic heterocycles. The molecule has 0 rings (SSSR count). The molecule has 0 fully saturated rings. The summed E-state index contributed by atoms with van der Waals surface area (Å²) in [7, 11) is -15.1. The first-order valence-corrected chi connectivity index (χ1v) is 33.1. The van der Waals surface area contributed by atoms with Gasteiger partial charge in [-0.05, 0) is 75.7 Å². The van der Waals surface area contributed by atoms with Gasteiger partial charge in [0.2, 0.25) is 0 Å². The highest BCUT2D eigenvalue weighted by atomic mass is 32.2. The van der Waals surface area contributed by atoms with Gasteiger partial charge in [-0.1, -0.05) is 110 Å². The molecule has 2 unspecified atom stereocenters. The maximum absolute atomic E-state index is 12.8. The van der Waals surface area contributed by atoms with E-state index in [0.29, 0.717) is 31.2 Å². The van der Waals surface area contributed by atoms with Crippen LogP contribution >= 0.6 is 0 Å². The van der Waals surface area contributed by atoms with E-state index in [2.05, 4.69) is 35.7 Å². The van der Waals surface area contributed by atoms with Crippen LogP contribution < -0.4 is 0 Å². The Bertz CT molecular complexity index is 1590. The van der Waals surface area contributed by atoms with E-state index >= 15 is 0 Å². The normalized spacial score (nSPS) is 12.0. The van der Waals surface area contributed by atoms with Gasteiger partial charge in [0.15, 0.2) is 35.1 Å². The van der Waals surface area contributed by atoms with E-state index in [-0.39, 0.29) is 92.2 Å². The monoisotopic (exact) mass is 1120 g/mol. The van der Waals surface area contributed by atoms with E-state index in [9.17, 15) is 62.1 Å². The summed E-state index contributed by atoms with van der Waals surface area (Å²) in [5, 5.41) is -5.02. The molecular formula is C43H102F2O18S3Si3. The summed E-state index contributed by atoms with van der Waals surface area (Å²) in [6.07, 6.45) is 9.60. The molecule has 0 aromatic carbocycles. The summed E-state index contributed by atoms with van der Waals surface area (Å²) >= 11 is 0. The predicted octanol–water partition coefficient (Wildman–Crippen LogP) is 10.6. The fraction of sp³-hybridized carbons (Fsp3) is 0.860. The first-order chi connectivity index (χ1) is 27.1. The molecule has 2 atom stereocenters. The van der Waals surface area contributed by atoms with Gasteiger partial charge in [-0.25, -0.2) is 30.0 Å². The van der Waals surface area contributed by atoms with Gasteiger partial charge in [-0.15, -0.1) is 0 Å². The largest absolute Gasteiger partial charge is 0.748 e. The lowest BCUT2D eigenvalue weighted by atomic mass is 10.1. The maximum Gasteiger partial charge on any atom is 0.428 e. The third-order valence-electron chi connectivity index (χ3n) is 9.86. The molecule has 69 heavy (non-hydrogen) atoms. The lowest BCUT2D eigenvalue weighted by Gasteiger charge is -2.29. The van der Waals surface area contributed by atoms with Crippen molar-refractivity contribution in [2.24, 2.45) is 0 Å². The number of ether oxygens (including phenoxy) is 3. The van der Waals surface area contributed by atoms with E-state index in [4.69, 9.17) is 18.0 Å². The number of carbonyl (C=O) groups is 3. The fourth-order valence-corrected chi connectivity index (χ4v) is 10.6. The molecule has 0 bridgehead atoms. The molecule has 0 aromatic rings. The van der Waals surface area contributed by atoms with Crippen LogP contribution in [0.3, 0.4) is 0 Å². The van der Waals surface area contributed by atoms with Crippen molar-refractivity contribution in [3.63, 3.8) is 0 Å². The molecule has 0 saturated carbocycles. The number of carbonyl (C=O) groups excluding carboxylic acids is 3. The van der Waals surface area contributed by atoms with Gasteiger partial charge in [-0.3, -0.25) is 9.59 Å². The highest BCUT2D eigenvalue weighted by molar-refractivity contribution is 7.87. The molecule has 426 valence electrons. The van der Waals surface area contributed by atoms with Gasteiger partial charge < -0.3 is 41.1 Å². The average molecular weight is 1130 g/mol. The fourth-order valence-electron chi connectivity index (χ4n) is 4.96. The zero-order valence-electron chi connectivity index (χ0n) is 40.0. The Balaban J connectivity index is -0.0000000676. The van der Waals surface area contributed by atoms with E-state index < -0.39 is 90.0 Å². The number of esters is 3. The minimum Gasteiger partial charge on any atom is -0.748 e. The smallest absolute Gasteiger partial charge is 0.428 e. The molecular weight excluding hydrogens is 1020 g/mol. The van der Waals surface area contributed by atoms with Crippen LogP contribution in [0, 0.1) is 22.3 Å². The van der Waals surface area contributed by atoms with Crippen LogP contribution in [0.5, 0.6) is 0 Å². The highest BCUT2D eigenvalue weighted by Gasteiger charge is 2.48. The topological polar surface area (TPSA) is 278 Å². The summed E-state index contributed by atoms with van der Waals surface area (Å²) in [5.41, 5.74) is 0.586. The molecule has 0 aliphatic rings. The van der Waals surface area contributed by atoms with Crippen molar-refractivity contribution in [3.05, 3.63) is 22.3 Å². The second-order valence-electron chi connectivity index (χ2n) is 15.7. The van der Waals surface area contributed by atoms with E-state index in [1.54, 1.807) is 21.3 Å². The van der Waals surface area contributed by atoms with Crippen LogP contribution in [0.25, 0.3) is 0 Å². The van der Waals surface area contributed by atoms with Crippen molar-refractivity contribution < 1.29 is 89.6 Å². The summed E-state index contributed by atoms with van der Waals surface area (Å²) in [4.78, 5) is 32.8. The Hall–Kier alpha value is -1.86. The first-order valence-electron chi connectivity index (χ1n) is 19.5. The Kier molecular flexibility index (Phi) is 64.3. The number of halogens is 2. The molecule has 0 amide bonds. The maximum atomic E-state index is 12.8. The molecule has 18 nitrogen and oxygen atoms in total. The minimum absolute atomic E-state index is 0. The van der Waals surface area contributed by atoms with Crippen LogP contribution in [0.15, 0.2) is 0 Å². The van der Waals surface area contributed by atoms with Crippen molar-refractivity contribution in [2.45, 2.75) is 191 Å². The standard InChI is InChI=1S/C15H30F2O6SSi.C10H22O6SSi.C9H20O6SSi.6CH4.3CH3/c1-22-25(2,3)13-11-9-7-5-4-6-8-10-12-23-14(18)15(16,17)24(19,20)21;1-5-9(18(3,4)15-2)6-7-16-10(11)8-17(12,13)14;1-8(17(3,4)14-2)5-6-15-9(10)7-16(11,12)13;;;;;;;;;/h4-13H2,1-3H3,(H,19,20,21);9H,5-8H2,1-4H3,(H,12,13,14);8H,5-7H2,1-4H3,(H,11,12,13);6*1H4;3*1H3/q;;;;;;;;;3*+1/p-3. The second kappa shape index (κ2) is 46.0. The van der Waals surface area contributed by atoms with E-state index in [1.165, 1.54) is 6.42 Å². The van der Waals surface area contributed by atoms with Crippen molar-refractivity contribution in [1.82, 2.24) is 0 Å². The number of unbranched alkanes of at least 4 members (excludes halogenated alkanes) is 7. The zero-order chi connectivity index (χ0) is 47.7. The summed E-state index contributed by atoms with van der Waals surface area (Å²) in [6, 6.07) is 1.15. The van der Waals surface area contributed by atoms with Gasteiger partial charge in [0.1, 0.15) is 31.7 Å². The summed E-state index contributed by atoms with van der Waals surface area (Å²) in [6.45, 7) is 16.6. The molecule has 26 heteroatoms. The molecule has 0 saturated heterocycles. The first kappa shape index (κ1) is 96.6. The third-order valence-corrected chi connectivity index (χ3v) is 21.9. The quantitative estimate of drug-likeness (QED) is 0.0168. The van der Waals surface area contributed by atoms with Gasteiger partial charge >= 0.3 is 23.2 Å². The SMILES string of the molecule is C.C.C.C.C.C.CCC(CCOC(=O)CS(=O)(=O)[O-])[Si](C)(C)OC.CO[Si](C)(C)C(C)CCOC(=O)CS(=O)(=O)[O-].CO[Si](C)(C)CCCCCCCCCCOC(=O)C(F)(F)S(=O)(=O)[O-].[CH3+].[CH3+].[CH3+]. The van der Waals surface area contributed by atoms with Gasteiger partial charge in [0.05, 0.1) is 19.8 Å². The highest BCUT2D eigenvalue weighted by Crippen LogP contribution is 2.29. The number of hydrogen-bond acceptors (Lipinski definition) is 18. The van der Waals surface area contributed by atoms with Crippen LogP contribution in [-0.2, 0) is 72.2 Å². The van der Waals surface area contributed by atoms with Gasteiger partial charge in [0, 0.05) is 43.6 Å². The molecule has 0 heterocycles. The van der Waals surface area contributed by atoms with Crippen LogP contribution in [0.1, 0.15) is 129 Å². The van der Waals surface area contributed by atoms with Crippen molar-refractivity contribution in [2.75, 3.05) is 52.7 Å². The Morgan fingerprint density at radius 2 is 0.899 bits per heavy atom. The summed E-state index contributed by atoms with van der Waals surface area (Å²) < 4.78 is 148. The molecule has 0 aliphatic heterocycles. The molecule has 0 radical (unpaired) electrons. The van der Waals surface area contributed by atoms with Crippen LogP contribution in [0.2, 0.25) is 56.4 Å². The summed E-state index contributed by atoms with van der Waals surface area (Å²) in [5.74, 6) is -6.49. The number of hydrogen-bond donors (Lipinski definition) is 0. The second-order valence-corrected chi connectivity index (χ2v) is 33.4. The lowest BCUT2D eigenvalue weighted by Crippen LogP contribution is -2.39. The van der Waals surface area contributed by atoms with Crippen LogP contribution in [-0.4, -0.2) is 140 Å². The van der Waals surface area contributed by atoms with Crippen LogP contribution in [0.4, 0.5) is 8.78 Å². The zero-order valence-corrected chi connectivity index (χ0v) is 45.5. The van der Waals surface area contributed by atoms with Gasteiger partial charge in [0.25, 0.3) is 0 Å².